The van der Waals surface area contributed by atoms with Gasteiger partial charge in [0, 0.05) is 6.61 Å². The molecule has 0 aliphatic carbocycles. The summed E-state index contributed by atoms with van der Waals surface area (Å²) >= 11 is 0. The van der Waals surface area contributed by atoms with Crippen LogP contribution >= 0.6 is 0 Å². The number of carboxylic acid groups (broad SMARTS) is 1. The van der Waals surface area contributed by atoms with Gasteiger partial charge in [-0.05, 0) is 6.92 Å². The molecule has 0 saturated heterocycles. The third-order valence-corrected chi connectivity index (χ3v) is 0.826. The zero-order valence-corrected chi connectivity index (χ0v) is 6.79. The molecule has 0 unspecified atom stereocenters. The summed E-state index contributed by atoms with van der Waals surface area (Å²) in [4.78, 5) is 9.84. The Morgan fingerprint density at radius 1 is 1.58 bits per heavy atom. The van der Waals surface area contributed by atoms with Gasteiger partial charge < -0.3 is 14.6 Å². The monoisotopic (exact) mass is 173 g/mol. The molecule has 0 atom stereocenters. The zero-order chi connectivity index (χ0) is 9.23. The van der Waals surface area contributed by atoms with E-state index in [2.05, 4.69) is 16.9 Å². The van der Waals surface area contributed by atoms with Crippen molar-refractivity contribution in [1.29, 1.82) is 0 Å². The highest BCUT2D eigenvalue weighted by Gasteiger charge is 1.85. The molecule has 0 aliphatic heterocycles. The number of ether oxygens (including phenoxy) is 2. The van der Waals surface area contributed by atoms with E-state index in [1.54, 1.807) is 0 Å². The molecule has 0 aromatic rings. The summed E-state index contributed by atoms with van der Waals surface area (Å²) in [5, 5.41) is 9.89. The number of rotatable bonds is 4. The normalized spacial score (nSPS) is 8.08. The lowest BCUT2D eigenvalue weighted by atomic mass is 10.7. The highest BCUT2D eigenvalue weighted by Crippen LogP contribution is 1.74. The summed E-state index contributed by atoms with van der Waals surface area (Å²) in [7, 11) is 0. The van der Waals surface area contributed by atoms with E-state index in [0.717, 1.165) is 0 Å². The minimum Gasteiger partial charge on any atom is -0.464 e. The second-order valence-corrected chi connectivity index (χ2v) is 1.70. The van der Waals surface area contributed by atoms with Crippen LogP contribution in [-0.2, 0) is 9.47 Å². The second kappa shape index (κ2) is 7.69. The van der Waals surface area contributed by atoms with E-state index in [4.69, 9.17) is 9.84 Å². The molecule has 1 amide bonds. The van der Waals surface area contributed by atoms with Gasteiger partial charge >= 0.3 is 6.09 Å². The molecule has 0 rings (SSSR count). The van der Waals surface area contributed by atoms with Crippen molar-refractivity contribution < 1.29 is 19.4 Å². The summed E-state index contributed by atoms with van der Waals surface area (Å²) in [6.45, 7) is 3.29. The summed E-state index contributed by atoms with van der Waals surface area (Å²) in [5.41, 5.74) is 0. The van der Waals surface area contributed by atoms with Crippen molar-refractivity contribution in [2.24, 2.45) is 0 Å². The highest BCUT2D eigenvalue weighted by molar-refractivity contribution is 5.66. The molecule has 0 fully saturated rings. The van der Waals surface area contributed by atoms with Gasteiger partial charge in [-0.2, -0.15) is 0 Å². The third-order valence-electron chi connectivity index (χ3n) is 0.826. The van der Waals surface area contributed by atoms with Crippen molar-refractivity contribution in [2.75, 3.05) is 19.8 Å². The van der Waals surface area contributed by atoms with E-state index in [1.807, 2.05) is 12.2 Å². The van der Waals surface area contributed by atoms with Crippen LogP contribution in [0.15, 0.2) is 0 Å². The van der Waals surface area contributed by atoms with Crippen molar-refractivity contribution in [3.8, 4) is 12.2 Å². The lowest BCUT2D eigenvalue weighted by Gasteiger charge is -1.96. The molecule has 68 valence electrons. The Hall–Kier alpha value is -1.41. The molecule has 0 spiro atoms. The Morgan fingerprint density at radius 2 is 2.33 bits per heavy atom. The number of hydrogen-bond donors (Lipinski definition) is 2. The van der Waals surface area contributed by atoms with Crippen LogP contribution in [0.3, 0.4) is 0 Å². The van der Waals surface area contributed by atoms with Crippen LogP contribution in [0.5, 0.6) is 0 Å². The van der Waals surface area contributed by atoms with Gasteiger partial charge in [0.05, 0.1) is 12.7 Å². The van der Waals surface area contributed by atoms with Gasteiger partial charge in [0.15, 0.2) is 0 Å². The number of carbonyl (C=O) groups is 1. The Balaban J connectivity index is 3.16. The van der Waals surface area contributed by atoms with E-state index in [1.165, 1.54) is 0 Å². The van der Waals surface area contributed by atoms with Crippen LogP contribution < -0.4 is 5.32 Å². The van der Waals surface area contributed by atoms with E-state index in [0.29, 0.717) is 19.8 Å². The molecular weight excluding hydrogens is 162 g/mol. The van der Waals surface area contributed by atoms with Crippen LogP contribution in [0.4, 0.5) is 4.79 Å². The van der Waals surface area contributed by atoms with Crippen LogP contribution in [0, 0.1) is 12.2 Å². The molecule has 0 saturated carbocycles. The third kappa shape index (κ3) is 8.59. The van der Waals surface area contributed by atoms with Crippen LogP contribution in [0.1, 0.15) is 6.92 Å². The number of amides is 1. The molecule has 0 bridgehead atoms. The standard InChI is InChI=1S/C7H11NO4/c1-2-11-5-6-12-4-3-8-7(9)10/h8H,2,5-6H2,1H3,(H,9,10). The molecule has 0 aliphatic rings. The molecule has 0 aromatic carbocycles. The maximum Gasteiger partial charge on any atom is 0.416 e. The minimum atomic E-state index is -1.20. The van der Waals surface area contributed by atoms with Crippen LogP contribution in [0.25, 0.3) is 0 Å². The van der Waals surface area contributed by atoms with Crippen LogP contribution in [0.2, 0.25) is 0 Å². The predicted octanol–water partition coefficient (Wildman–Crippen LogP) is 0.226. The summed E-state index contributed by atoms with van der Waals surface area (Å²) in [6.07, 6.45) is 0.955. The number of hydrogen-bond acceptors (Lipinski definition) is 3. The maximum atomic E-state index is 9.84. The molecule has 5 heteroatoms. The highest BCUT2D eigenvalue weighted by atomic mass is 16.5. The van der Waals surface area contributed by atoms with Gasteiger partial charge in [-0.3, -0.25) is 0 Å². The van der Waals surface area contributed by atoms with Crippen molar-refractivity contribution in [3.05, 3.63) is 0 Å². The van der Waals surface area contributed by atoms with E-state index in [9.17, 15) is 4.79 Å². The predicted molar refractivity (Wildman–Crippen MR) is 41.4 cm³/mol. The second-order valence-electron chi connectivity index (χ2n) is 1.70. The fraction of sp³-hybridized carbons (Fsp3) is 0.571. The van der Waals surface area contributed by atoms with Crippen molar-refractivity contribution in [1.82, 2.24) is 5.32 Å². The molecule has 0 aromatic heterocycles. The average molecular weight is 173 g/mol. The van der Waals surface area contributed by atoms with Crippen molar-refractivity contribution in [3.63, 3.8) is 0 Å². The fourth-order valence-corrected chi connectivity index (χ4v) is 0.411. The first-order valence-corrected chi connectivity index (χ1v) is 3.45. The van der Waals surface area contributed by atoms with E-state index >= 15 is 0 Å². The molecule has 12 heavy (non-hydrogen) atoms. The van der Waals surface area contributed by atoms with Gasteiger partial charge in [0.2, 0.25) is 0 Å². The van der Waals surface area contributed by atoms with E-state index < -0.39 is 6.09 Å². The van der Waals surface area contributed by atoms with Gasteiger partial charge in [-0.15, -0.1) is 0 Å². The van der Waals surface area contributed by atoms with Gasteiger partial charge in [0.25, 0.3) is 0 Å². The first-order valence-electron chi connectivity index (χ1n) is 3.45. The first kappa shape index (κ1) is 10.6. The zero-order valence-electron chi connectivity index (χ0n) is 6.79. The minimum absolute atomic E-state index is 0.335. The average Bonchev–Trinajstić information content (AvgIpc) is 2.02. The van der Waals surface area contributed by atoms with Gasteiger partial charge in [-0.1, -0.05) is 0 Å². The van der Waals surface area contributed by atoms with Crippen molar-refractivity contribution >= 4 is 6.09 Å². The fourth-order valence-electron chi connectivity index (χ4n) is 0.411. The SMILES string of the molecule is CCOCCOC#CNC(=O)O. The van der Waals surface area contributed by atoms with Crippen molar-refractivity contribution in [2.45, 2.75) is 6.92 Å². The van der Waals surface area contributed by atoms with Crippen LogP contribution in [-0.4, -0.2) is 31.0 Å². The Morgan fingerprint density at radius 3 is 2.92 bits per heavy atom. The van der Waals surface area contributed by atoms with Gasteiger partial charge in [0.1, 0.15) is 12.7 Å². The molecular formula is C7H11NO4. The summed E-state index contributed by atoms with van der Waals surface area (Å²) in [5.74, 6) is 0. The van der Waals surface area contributed by atoms with E-state index in [-0.39, 0.29) is 0 Å². The Labute approximate surface area is 70.7 Å². The maximum absolute atomic E-state index is 9.84. The Kier molecular flexibility index (Phi) is 6.79. The summed E-state index contributed by atoms with van der Waals surface area (Å²) in [6, 6.07) is 2.08. The lowest BCUT2D eigenvalue weighted by molar-refractivity contribution is 0.0999. The quantitative estimate of drug-likeness (QED) is 0.362. The molecule has 0 radical (unpaired) electrons. The largest absolute Gasteiger partial charge is 0.464 e. The number of nitrogens with one attached hydrogen (secondary N) is 1. The topological polar surface area (TPSA) is 67.8 Å². The van der Waals surface area contributed by atoms with Gasteiger partial charge in [-0.25, -0.2) is 10.1 Å². The lowest BCUT2D eigenvalue weighted by Crippen LogP contribution is -2.13. The summed E-state index contributed by atoms with van der Waals surface area (Å²) < 4.78 is 9.61. The first-order chi connectivity index (χ1) is 5.77. The Bertz CT molecular complexity index is 182. The molecule has 5 nitrogen and oxygen atoms in total. The molecule has 0 heterocycles. The molecule has 2 N–H and O–H groups in total. The smallest absolute Gasteiger partial charge is 0.416 e.